The number of benzene rings is 2. The number of halogens is 2. The van der Waals surface area contributed by atoms with Crippen LogP contribution in [0.4, 0.5) is 0 Å². The molecule has 1 saturated heterocycles. The van der Waals surface area contributed by atoms with E-state index in [0.717, 1.165) is 12.1 Å². The number of carbonyl (C=O) groups excluding carboxylic acids is 1. The Morgan fingerprint density at radius 2 is 1.88 bits per heavy atom. The molecule has 2 heterocycles. The molecular formula is C18H16Cl2N2O2. The Hall–Kier alpha value is -1.59. The van der Waals surface area contributed by atoms with Crippen LogP contribution in [0.3, 0.4) is 0 Å². The van der Waals surface area contributed by atoms with Crippen molar-refractivity contribution in [2.45, 2.75) is 18.2 Å². The molecule has 3 unspecified atom stereocenters. The molecule has 0 spiro atoms. The predicted molar refractivity (Wildman–Crippen MR) is 93.4 cm³/mol. The number of rotatable bonds is 2. The maximum Gasteiger partial charge on any atom is 0.256 e. The van der Waals surface area contributed by atoms with Gasteiger partial charge in [0.25, 0.3) is 5.91 Å². The molecule has 0 aromatic heterocycles. The summed E-state index contributed by atoms with van der Waals surface area (Å²) in [6.45, 7) is 1.34. The van der Waals surface area contributed by atoms with E-state index in [2.05, 4.69) is 5.32 Å². The van der Waals surface area contributed by atoms with E-state index in [1.54, 1.807) is 23.1 Å². The highest BCUT2D eigenvalue weighted by Gasteiger charge is 2.44. The van der Waals surface area contributed by atoms with E-state index in [-0.39, 0.29) is 17.9 Å². The van der Waals surface area contributed by atoms with Gasteiger partial charge in [0.05, 0.1) is 16.1 Å². The second-order valence-corrected chi connectivity index (χ2v) is 6.99. The molecule has 2 aromatic carbocycles. The van der Waals surface area contributed by atoms with Gasteiger partial charge in [-0.3, -0.25) is 4.79 Å². The summed E-state index contributed by atoms with van der Waals surface area (Å²) >= 11 is 12.2. The SMILES string of the molecule is O=C1c2ccccc2C(O)N1C1CNCC1c1ccc(Cl)c(Cl)c1. The zero-order valence-electron chi connectivity index (χ0n) is 12.7. The quantitative estimate of drug-likeness (QED) is 0.862. The molecule has 0 radical (unpaired) electrons. The fourth-order valence-corrected chi connectivity index (χ4v) is 4.00. The molecule has 0 aliphatic carbocycles. The molecule has 6 heteroatoms. The molecule has 24 heavy (non-hydrogen) atoms. The van der Waals surface area contributed by atoms with Crippen LogP contribution < -0.4 is 5.32 Å². The first kappa shape index (κ1) is 15.9. The van der Waals surface area contributed by atoms with E-state index in [1.165, 1.54) is 0 Å². The van der Waals surface area contributed by atoms with E-state index in [0.29, 0.717) is 27.7 Å². The summed E-state index contributed by atoms with van der Waals surface area (Å²) in [5.41, 5.74) is 2.25. The highest BCUT2D eigenvalue weighted by molar-refractivity contribution is 6.42. The van der Waals surface area contributed by atoms with Crippen molar-refractivity contribution in [2.24, 2.45) is 0 Å². The molecule has 2 aromatic rings. The van der Waals surface area contributed by atoms with Crippen molar-refractivity contribution in [1.29, 1.82) is 0 Å². The molecule has 124 valence electrons. The summed E-state index contributed by atoms with van der Waals surface area (Å²) in [5.74, 6) is -0.0791. The summed E-state index contributed by atoms with van der Waals surface area (Å²) < 4.78 is 0. The number of amides is 1. The van der Waals surface area contributed by atoms with E-state index >= 15 is 0 Å². The van der Waals surface area contributed by atoms with Gasteiger partial charge in [0, 0.05) is 30.1 Å². The van der Waals surface area contributed by atoms with Crippen LogP contribution in [0.2, 0.25) is 10.0 Å². The second-order valence-electron chi connectivity index (χ2n) is 6.18. The van der Waals surface area contributed by atoms with E-state index in [9.17, 15) is 9.90 Å². The van der Waals surface area contributed by atoms with Gasteiger partial charge in [0.2, 0.25) is 0 Å². The number of hydrogen-bond acceptors (Lipinski definition) is 3. The third kappa shape index (κ3) is 2.42. The van der Waals surface area contributed by atoms with Crippen LogP contribution in [0.5, 0.6) is 0 Å². The van der Waals surface area contributed by atoms with Crippen LogP contribution in [-0.2, 0) is 0 Å². The van der Waals surface area contributed by atoms with Crippen LogP contribution in [-0.4, -0.2) is 35.0 Å². The Bertz CT molecular complexity index is 811. The minimum atomic E-state index is -0.913. The molecule has 0 saturated carbocycles. The topological polar surface area (TPSA) is 52.6 Å². The van der Waals surface area contributed by atoms with Gasteiger partial charge in [-0.15, -0.1) is 0 Å². The fraction of sp³-hybridized carbons (Fsp3) is 0.278. The predicted octanol–water partition coefficient (Wildman–Crippen LogP) is 3.20. The van der Waals surface area contributed by atoms with E-state index in [4.69, 9.17) is 23.2 Å². The largest absolute Gasteiger partial charge is 0.369 e. The van der Waals surface area contributed by atoms with Crippen molar-refractivity contribution in [3.8, 4) is 0 Å². The molecule has 2 N–H and O–H groups in total. The van der Waals surface area contributed by atoms with Gasteiger partial charge < -0.3 is 15.3 Å². The lowest BCUT2D eigenvalue weighted by Crippen LogP contribution is -2.42. The van der Waals surface area contributed by atoms with Crippen LogP contribution in [0.1, 0.15) is 33.6 Å². The van der Waals surface area contributed by atoms with E-state index < -0.39 is 6.23 Å². The first-order valence-corrected chi connectivity index (χ1v) is 8.59. The average Bonchev–Trinajstić information content (AvgIpc) is 3.15. The van der Waals surface area contributed by atoms with Gasteiger partial charge in [-0.25, -0.2) is 0 Å². The smallest absolute Gasteiger partial charge is 0.256 e. The number of hydrogen-bond donors (Lipinski definition) is 2. The molecule has 1 fully saturated rings. The van der Waals surface area contributed by atoms with Crippen molar-refractivity contribution < 1.29 is 9.90 Å². The van der Waals surface area contributed by atoms with Gasteiger partial charge >= 0.3 is 0 Å². The Kier molecular flexibility index (Phi) is 4.01. The van der Waals surface area contributed by atoms with Gasteiger partial charge in [-0.05, 0) is 23.8 Å². The molecule has 2 aliphatic heterocycles. The van der Waals surface area contributed by atoms with Gasteiger partial charge in [-0.1, -0.05) is 47.5 Å². The number of aliphatic hydroxyl groups is 1. The van der Waals surface area contributed by atoms with Crippen molar-refractivity contribution >= 4 is 29.1 Å². The molecule has 4 nitrogen and oxygen atoms in total. The fourth-order valence-electron chi connectivity index (χ4n) is 3.69. The third-order valence-electron chi connectivity index (χ3n) is 4.88. The average molecular weight is 363 g/mol. The first-order chi connectivity index (χ1) is 11.6. The summed E-state index contributed by atoms with van der Waals surface area (Å²) in [4.78, 5) is 14.4. The van der Waals surface area contributed by atoms with Crippen molar-refractivity contribution in [2.75, 3.05) is 13.1 Å². The first-order valence-electron chi connectivity index (χ1n) is 7.83. The lowest BCUT2D eigenvalue weighted by atomic mass is 9.93. The minimum Gasteiger partial charge on any atom is -0.369 e. The Morgan fingerprint density at radius 1 is 1.08 bits per heavy atom. The standard InChI is InChI=1S/C18H16Cl2N2O2/c19-14-6-5-10(7-15(14)20)13-8-21-9-16(13)22-17(23)11-3-1-2-4-12(11)18(22)24/h1-7,13,16-17,21,23H,8-9H2. The van der Waals surface area contributed by atoms with Crippen molar-refractivity contribution in [1.82, 2.24) is 10.2 Å². The lowest BCUT2D eigenvalue weighted by molar-refractivity contribution is -0.00256. The lowest BCUT2D eigenvalue weighted by Gasteiger charge is -2.32. The number of nitrogens with one attached hydrogen (secondary N) is 1. The number of fused-ring (bicyclic) bond motifs is 1. The molecule has 0 bridgehead atoms. The maximum atomic E-state index is 12.8. The number of carbonyl (C=O) groups is 1. The van der Waals surface area contributed by atoms with E-state index in [1.807, 2.05) is 24.3 Å². The highest BCUT2D eigenvalue weighted by atomic mass is 35.5. The molecule has 2 aliphatic rings. The molecular weight excluding hydrogens is 347 g/mol. The monoisotopic (exact) mass is 362 g/mol. The van der Waals surface area contributed by atoms with Crippen LogP contribution in [0.25, 0.3) is 0 Å². The zero-order chi connectivity index (χ0) is 16.8. The summed E-state index contributed by atoms with van der Waals surface area (Å²) in [5, 5.41) is 15.0. The van der Waals surface area contributed by atoms with Crippen LogP contribution in [0, 0.1) is 0 Å². The van der Waals surface area contributed by atoms with Gasteiger partial charge in [0.15, 0.2) is 6.23 Å². The Labute approximate surface area is 150 Å². The van der Waals surface area contributed by atoms with Gasteiger partial charge in [-0.2, -0.15) is 0 Å². The Morgan fingerprint density at radius 3 is 2.62 bits per heavy atom. The van der Waals surface area contributed by atoms with Crippen LogP contribution in [0.15, 0.2) is 42.5 Å². The minimum absolute atomic E-state index is 0.0488. The normalized spacial score (nSPS) is 26.0. The second kappa shape index (κ2) is 6.05. The summed E-state index contributed by atoms with van der Waals surface area (Å²) in [7, 11) is 0. The third-order valence-corrected chi connectivity index (χ3v) is 5.62. The Balaban J connectivity index is 1.69. The highest BCUT2D eigenvalue weighted by Crippen LogP contribution is 2.39. The molecule has 3 atom stereocenters. The molecule has 1 amide bonds. The van der Waals surface area contributed by atoms with Crippen molar-refractivity contribution in [3.05, 3.63) is 69.2 Å². The van der Waals surface area contributed by atoms with Gasteiger partial charge in [0.1, 0.15) is 0 Å². The number of nitrogens with zero attached hydrogens (tertiary/aromatic N) is 1. The molecule has 4 rings (SSSR count). The maximum absolute atomic E-state index is 12.8. The summed E-state index contributed by atoms with van der Waals surface area (Å²) in [6, 6.07) is 12.6. The summed E-state index contributed by atoms with van der Waals surface area (Å²) in [6.07, 6.45) is -0.913. The zero-order valence-corrected chi connectivity index (χ0v) is 14.3. The number of aliphatic hydroxyl groups excluding tert-OH is 1. The van der Waals surface area contributed by atoms with Crippen molar-refractivity contribution in [3.63, 3.8) is 0 Å². The van der Waals surface area contributed by atoms with Crippen LogP contribution >= 0.6 is 23.2 Å².